The van der Waals surface area contributed by atoms with Gasteiger partial charge in [0.25, 0.3) is 0 Å². The Kier molecular flexibility index (Phi) is 3.08. The normalized spacial score (nSPS) is 10.2. The van der Waals surface area contributed by atoms with E-state index in [1.54, 1.807) is 23.8 Å². The van der Waals surface area contributed by atoms with E-state index in [-0.39, 0.29) is 5.78 Å². The Hall–Kier alpha value is -1.27. The first-order valence-electron chi connectivity index (χ1n) is 4.17. The summed E-state index contributed by atoms with van der Waals surface area (Å²) in [5, 5.41) is 8.30. The number of carbonyl (C=O) groups is 1. The van der Waals surface area contributed by atoms with Gasteiger partial charge in [-0.3, -0.25) is 4.79 Å². The Morgan fingerprint density at radius 1 is 1.53 bits per heavy atom. The monoisotopic (exact) mass is 237 g/mol. The minimum absolute atomic E-state index is 0.00937. The van der Waals surface area contributed by atoms with Crippen LogP contribution in [0.1, 0.15) is 17.3 Å². The van der Waals surface area contributed by atoms with Crippen molar-refractivity contribution in [3.05, 3.63) is 29.4 Å². The maximum absolute atomic E-state index is 11.3. The van der Waals surface area contributed by atoms with Gasteiger partial charge in [0.1, 0.15) is 10.5 Å². The van der Waals surface area contributed by atoms with Crippen LogP contribution in [-0.2, 0) is 0 Å². The zero-order chi connectivity index (χ0) is 10.7. The molecule has 0 spiro atoms. The van der Waals surface area contributed by atoms with Crippen LogP contribution < -0.4 is 0 Å². The Morgan fingerprint density at radius 3 is 3.07 bits per heavy atom. The third kappa shape index (κ3) is 2.40. The van der Waals surface area contributed by atoms with E-state index in [9.17, 15) is 4.79 Å². The van der Waals surface area contributed by atoms with Crippen LogP contribution in [0.4, 0.5) is 0 Å². The molecule has 6 heteroatoms. The molecule has 0 aromatic carbocycles. The Morgan fingerprint density at radius 2 is 2.40 bits per heavy atom. The fraction of sp³-hybridized carbons (Fsp3) is 0.111. The van der Waals surface area contributed by atoms with Crippen molar-refractivity contribution in [3.63, 3.8) is 0 Å². The number of ketones is 1. The first-order valence-corrected chi connectivity index (χ1v) is 5.87. The maximum atomic E-state index is 11.3. The van der Waals surface area contributed by atoms with Crippen molar-refractivity contribution < 1.29 is 4.79 Å². The van der Waals surface area contributed by atoms with Gasteiger partial charge in [-0.15, -0.1) is 10.2 Å². The summed E-state index contributed by atoms with van der Waals surface area (Å²) in [6.07, 6.45) is 1.66. The first-order chi connectivity index (χ1) is 7.27. The molecule has 0 N–H and O–H groups in total. The van der Waals surface area contributed by atoms with Crippen molar-refractivity contribution in [3.8, 4) is 0 Å². The maximum Gasteiger partial charge on any atom is 0.180 e. The van der Waals surface area contributed by atoms with Gasteiger partial charge in [-0.25, -0.2) is 4.98 Å². The quantitative estimate of drug-likeness (QED) is 0.766. The highest BCUT2D eigenvalue weighted by atomic mass is 32.2. The molecule has 0 radical (unpaired) electrons. The average molecular weight is 237 g/mol. The van der Waals surface area contributed by atoms with Crippen molar-refractivity contribution in [2.45, 2.75) is 16.3 Å². The Labute approximate surface area is 94.8 Å². The van der Waals surface area contributed by atoms with E-state index in [2.05, 4.69) is 15.2 Å². The zero-order valence-electron chi connectivity index (χ0n) is 7.88. The van der Waals surface area contributed by atoms with E-state index in [0.717, 1.165) is 4.34 Å². The van der Waals surface area contributed by atoms with Gasteiger partial charge < -0.3 is 0 Å². The molecular formula is C9H7N3OS2. The molecule has 2 heterocycles. The van der Waals surface area contributed by atoms with E-state index in [1.807, 2.05) is 0 Å². The average Bonchev–Trinajstić information content (AvgIpc) is 2.71. The van der Waals surface area contributed by atoms with E-state index >= 15 is 0 Å². The van der Waals surface area contributed by atoms with E-state index < -0.39 is 0 Å². The molecule has 2 aromatic heterocycles. The van der Waals surface area contributed by atoms with Crippen LogP contribution in [0.2, 0.25) is 0 Å². The summed E-state index contributed by atoms with van der Waals surface area (Å²) < 4.78 is 0.788. The van der Waals surface area contributed by atoms with E-state index in [0.29, 0.717) is 10.6 Å². The fourth-order valence-electron chi connectivity index (χ4n) is 1.03. The van der Waals surface area contributed by atoms with Gasteiger partial charge in [-0.05, 0) is 30.8 Å². The van der Waals surface area contributed by atoms with Gasteiger partial charge in [0.05, 0.1) is 0 Å². The summed E-state index contributed by atoms with van der Waals surface area (Å²) in [6, 6.07) is 3.51. The van der Waals surface area contributed by atoms with Crippen LogP contribution in [0, 0.1) is 0 Å². The van der Waals surface area contributed by atoms with Crippen LogP contribution in [0.15, 0.2) is 33.2 Å². The number of Topliss-reactive ketones (excluding diaryl/α,β-unsaturated/α-hetero) is 1. The predicted octanol–water partition coefficient (Wildman–Crippen LogP) is 2.29. The van der Waals surface area contributed by atoms with Gasteiger partial charge in [-0.2, -0.15) is 0 Å². The molecule has 0 saturated heterocycles. The highest BCUT2D eigenvalue weighted by molar-refractivity contribution is 8.01. The number of nitrogens with zero attached hydrogens (tertiary/aromatic N) is 3. The van der Waals surface area contributed by atoms with E-state index in [1.165, 1.54) is 30.0 Å². The second kappa shape index (κ2) is 4.50. The van der Waals surface area contributed by atoms with Crippen LogP contribution in [0.3, 0.4) is 0 Å². The lowest BCUT2D eigenvalue weighted by atomic mass is 10.2. The lowest BCUT2D eigenvalue weighted by Gasteiger charge is -2.01. The number of pyridine rings is 1. The van der Waals surface area contributed by atoms with Crippen molar-refractivity contribution in [2.75, 3.05) is 0 Å². The topological polar surface area (TPSA) is 55.7 Å². The zero-order valence-corrected chi connectivity index (χ0v) is 9.51. The van der Waals surface area contributed by atoms with E-state index in [4.69, 9.17) is 0 Å². The molecule has 0 saturated carbocycles. The molecule has 4 nitrogen and oxygen atoms in total. The van der Waals surface area contributed by atoms with Crippen molar-refractivity contribution >= 4 is 28.9 Å². The van der Waals surface area contributed by atoms with Gasteiger partial charge in [0.2, 0.25) is 0 Å². The summed E-state index contributed by atoms with van der Waals surface area (Å²) in [6.45, 7) is 1.53. The Balaban J connectivity index is 2.32. The molecule has 2 aromatic rings. The number of rotatable bonds is 3. The van der Waals surface area contributed by atoms with Crippen LogP contribution >= 0.6 is 23.1 Å². The summed E-state index contributed by atoms with van der Waals surface area (Å²) in [4.78, 5) is 15.5. The SMILES string of the molecule is CC(=O)c1cccnc1Sc1nncs1. The van der Waals surface area contributed by atoms with Crippen LogP contribution in [0.25, 0.3) is 0 Å². The number of aromatic nitrogens is 3. The van der Waals surface area contributed by atoms with Gasteiger partial charge in [-0.1, -0.05) is 11.3 Å². The van der Waals surface area contributed by atoms with Crippen molar-refractivity contribution in [1.82, 2.24) is 15.2 Å². The summed E-state index contributed by atoms with van der Waals surface area (Å²) >= 11 is 2.79. The van der Waals surface area contributed by atoms with Gasteiger partial charge >= 0.3 is 0 Å². The molecule has 0 aliphatic carbocycles. The molecule has 0 bridgehead atoms. The number of hydrogen-bond acceptors (Lipinski definition) is 6. The molecule has 0 atom stereocenters. The molecule has 0 aliphatic rings. The fourth-order valence-corrected chi connectivity index (χ4v) is 2.56. The summed E-state index contributed by atoms with van der Waals surface area (Å²) in [5.74, 6) is 0.00937. The highest BCUT2D eigenvalue weighted by Crippen LogP contribution is 2.29. The van der Waals surface area contributed by atoms with Crippen molar-refractivity contribution in [2.24, 2.45) is 0 Å². The second-order valence-corrected chi connectivity index (χ2v) is 4.79. The molecule has 76 valence electrons. The third-order valence-electron chi connectivity index (χ3n) is 1.67. The van der Waals surface area contributed by atoms with Gasteiger partial charge in [0, 0.05) is 11.8 Å². The number of carbonyl (C=O) groups excluding carboxylic acids is 1. The molecule has 0 unspecified atom stereocenters. The van der Waals surface area contributed by atoms with Gasteiger partial charge in [0.15, 0.2) is 10.1 Å². The molecular weight excluding hydrogens is 230 g/mol. The molecule has 0 amide bonds. The van der Waals surface area contributed by atoms with Crippen LogP contribution in [0.5, 0.6) is 0 Å². The minimum atomic E-state index is 0.00937. The lowest BCUT2D eigenvalue weighted by Crippen LogP contribution is -1.96. The molecule has 15 heavy (non-hydrogen) atoms. The highest BCUT2D eigenvalue weighted by Gasteiger charge is 2.10. The van der Waals surface area contributed by atoms with Crippen molar-refractivity contribution in [1.29, 1.82) is 0 Å². The Bertz CT molecular complexity index is 470. The minimum Gasteiger partial charge on any atom is -0.294 e. The van der Waals surface area contributed by atoms with Crippen LogP contribution in [-0.4, -0.2) is 21.0 Å². The molecule has 0 fully saturated rings. The smallest absolute Gasteiger partial charge is 0.180 e. The molecule has 0 aliphatic heterocycles. The standard InChI is InChI=1S/C9H7N3OS2/c1-6(13)7-3-2-4-10-8(7)15-9-12-11-5-14-9/h2-5H,1H3. The lowest BCUT2D eigenvalue weighted by molar-refractivity contribution is 0.101. The molecule has 2 rings (SSSR count). The summed E-state index contributed by atoms with van der Waals surface area (Å²) in [7, 11) is 0. The second-order valence-electron chi connectivity index (χ2n) is 2.72. The summed E-state index contributed by atoms with van der Waals surface area (Å²) in [5.41, 5.74) is 2.27. The largest absolute Gasteiger partial charge is 0.294 e. The first kappa shape index (κ1) is 10.3. The third-order valence-corrected chi connectivity index (χ3v) is 3.47. The predicted molar refractivity (Wildman–Crippen MR) is 58.3 cm³/mol. The number of hydrogen-bond donors (Lipinski definition) is 0.